The van der Waals surface area contributed by atoms with Crippen LogP contribution in [0.4, 0.5) is 5.69 Å². The van der Waals surface area contributed by atoms with Gasteiger partial charge in [0.2, 0.25) is 5.75 Å². The monoisotopic (exact) mass is 355 g/mol. The SMILES string of the molecule is Cc1ccc(CCl)cc1Oc1c(Br)cccc1[N+](=O)[O-]. The molecule has 0 spiro atoms. The van der Waals surface area contributed by atoms with Crippen LogP contribution in [-0.4, -0.2) is 4.92 Å². The van der Waals surface area contributed by atoms with Crippen molar-refractivity contribution in [3.63, 3.8) is 0 Å². The van der Waals surface area contributed by atoms with Gasteiger partial charge >= 0.3 is 5.69 Å². The van der Waals surface area contributed by atoms with Gasteiger partial charge in [-0.2, -0.15) is 0 Å². The molecule has 0 aromatic heterocycles. The van der Waals surface area contributed by atoms with E-state index < -0.39 is 4.92 Å². The van der Waals surface area contributed by atoms with Gasteiger partial charge in [-0.3, -0.25) is 10.1 Å². The van der Waals surface area contributed by atoms with Crippen LogP contribution in [0.2, 0.25) is 0 Å². The predicted octanol–water partition coefficient (Wildman–Crippen LogP) is 5.20. The first-order valence-corrected chi connectivity index (χ1v) is 7.12. The van der Waals surface area contributed by atoms with E-state index in [1.807, 2.05) is 19.1 Å². The summed E-state index contributed by atoms with van der Waals surface area (Å²) in [4.78, 5) is 10.6. The molecular weight excluding hydrogens is 346 g/mol. The minimum atomic E-state index is -0.471. The maximum absolute atomic E-state index is 11.1. The average molecular weight is 357 g/mol. The summed E-state index contributed by atoms with van der Waals surface area (Å²) >= 11 is 9.07. The average Bonchev–Trinajstić information content (AvgIpc) is 2.43. The van der Waals surface area contributed by atoms with E-state index in [0.717, 1.165) is 11.1 Å². The topological polar surface area (TPSA) is 52.4 Å². The van der Waals surface area contributed by atoms with Gasteiger partial charge in [-0.15, -0.1) is 11.6 Å². The van der Waals surface area contributed by atoms with Crippen molar-refractivity contribution in [2.24, 2.45) is 0 Å². The minimum absolute atomic E-state index is 0.0879. The van der Waals surface area contributed by atoms with Gasteiger partial charge in [0.1, 0.15) is 5.75 Å². The molecule has 2 aromatic carbocycles. The number of aryl methyl sites for hydroxylation is 1. The summed E-state index contributed by atoms with van der Waals surface area (Å²) in [7, 11) is 0. The van der Waals surface area contributed by atoms with Gasteiger partial charge in [-0.1, -0.05) is 18.2 Å². The van der Waals surface area contributed by atoms with Crippen molar-refractivity contribution in [3.8, 4) is 11.5 Å². The third kappa shape index (κ3) is 3.11. The van der Waals surface area contributed by atoms with Crippen LogP contribution >= 0.6 is 27.5 Å². The Hall–Kier alpha value is -1.59. The van der Waals surface area contributed by atoms with E-state index in [0.29, 0.717) is 16.1 Å². The number of benzene rings is 2. The molecule has 2 rings (SSSR count). The van der Waals surface area contributed by atoms with Crippen LogP contribution < -0.4 is 4.74 Å². The first kappa shape index (κ1) is 14.8. The zero-order valence-electron chi connectivity index (χ0n) is 10.6. The smallest absolute Gasteiger partial charge is 0.312 e. The molecule has 104 valence electrons. The van der Waals surface area contributed by atoms with Crippen LogP contribution in [0.1, 0.15) is 11.1 Å². The first-order chi connectivity index (χ1) is 9.52. The van der Waals surface area contributed by atoms with Gasteiger partial charge in [-0.25, -0.2) is 0 Å². The van der Waals surface area contributed by atoms with Crippen LogP contribution in [0.5, 0.6) is 11.5 Å². The summed E-state index contributed by atoms with van der Waals surface area (Å²) in [5.41, 5.74) is 1.68. The second-order valence-electron chi connectivity index (χ2n) is 4.18. The number of halogens is 2. The molecule has 20 heavy (non-hydrogen) atoms. The molecule has 0 amide bonds. The number of alkyl halides is 1. The largest absolute Gasteiger partial charge is 0.449 e. The fourth-order valence-corrected chi connectivity index (χ4v) is 2.29. The normalized spacial score (nSPS) is 10.3. The number of rotatable bonds is 4. The van der Waals surface area contributed by atoms with E-state index in [2.05, 4.69) is 15.9 Å². The number of nitro groups is 1. The molecule has 0 atom stereocenters. The lowest BCUT2D eigenvalue weighted by Crippen LogP contribution is -1.96. The van der Waals surface area contributed by atoms with E-state index in [4.69, 9.17) is 16.3 Å². The maximum Gasteiger partial charge on any atom is 0.312 e. The van der Waals surface area contributed by atoms with Gasteiger partial charge in [-0.05, 0) is 46.1 Å². The van der Waals surface area contributed by atoms with Crippen LogP contribution in [-0.2, 0) is 5.88 Å². The van der Waals surface area contributed by atoms with Crippen LogP contribution in [0.3, 0.4) is 0 Å². The molecule has 0 fully saturated rings. The Morgan fingerprint density at radius 1 is 1.35 bits per heavy atom. The molecule has 0 heterocycles. The maximum atomic E-state index is 11.1. The van der Waals surface area contributed by atoms with Crippen molar-refractivity contribution in [3.05, 3.63) is 62.1 Å². The highest BCUT2D eigenvalue weighted by atomic mass is 79.9. The summed E-state index contributed by atoms with van der Waals surface area (Å²) in [5.74, 6) is 1.10. The summed E-state index contributed by atoms with van der Waals surface area (Å²) < 4.78 is 6.26. The van der Waals surface area contributed by atoms with Crippen molar-refractivity contribution in [2.75, 3.05) is 0 Å². The van der Waals surface area contributed by atoms with Crippen LogP contribution in [0.15, 0.2) is 40.9 Å². The molecule has 0 saturated carbocycles. The predicted molar refractivity (Wildman–Crippen MR) is 81.6 cm³/mol. The lowest BCUT2D eigenvalue weighted by Gasteiger charge is -2.11. The number of nitrogens with zero attached hydrogens (tertiary/aromatic N) is 1. The van der Waals surface area contributed by atoms with Gasteiger partial charge in [0.05, 0.1) is 9.40 Å². The number of hydrogen-bond acceptors (Lipinski definition) is 3. The summed E-state index contributed by atoms with van der Waals surface area (Å²) in [6.45, 7) is 1.87. The molecule has 0 aliphatic heterocycles. The Kier molecular flexibility index (Phi) is 4.62. The fraction of sp³-hybridized carbons (Fsp3) is 0.143. The van der Waals surface area contributed by atoms with Gasteiger partial charge in [0, 0.05) is 11.9 Å². The van der Waals surface area contributed by atoms with E-state index in [-0.39, 0.29) is 11.4 Å². The lowest BCUT2D eigenvalue weighted by molar-refractivity contribution is -0.385. The van der Waals surface area contributed by atoms with E-state index in [1.54, 1.807) is 18.2 Å². The lowest BCUT2D eigenvalue weighted by atomic mass is 10.1. The highest BCUT2D eigenvalue weighted by molar-refractivity contribution is 9.10. The molecule has 0 unspecified atom stereocenters. The van der Waals surface area contributed by atoms with Crippen LogP contribution in [0.25, 0.3) is 0 Å². The number of ether oxygens (including phenoxy) is 1. The van der Waals surface area contributed by atoms with Crippen molar-refractivity contribution in [1.82, 2.24) is 0 Å². The Balaban J connectivity index is 2.47. The third-order valence-electron chi connectivity index (χ3n) is 2.76. The molecule has 0 saturated heterocycles. The number of para-hydroxylation sites is 1. The molecule has 0 aliphatic carbocycles. The third-order valence-corrected chi connectivity index (χ3v) is 3.69. The molecule has 0 aliphatic rings. The molecule has 0 N–H and O–H groups in total. The molecule has 6 heteroatoms. The number of hydrogen-bond donors (Lipinski definition) is 0. The number of nitro benzene ring substituents is 1. The zero-order valence-corrected chi connectivity index (χ0v) is 12.9. The Morgan fingerprint density at radius 2 is 2.10 bits per heavy atom. The Morgan fingerprint density at radius 3 is 2.75 bits per heavy atom. The highest BCUT2D eigenvalue weighted by Crippen LogP contribution is 2.39. The van der Waals surface area contributed by atoms with Crippen molar-refractivity contribution in [2.45, 2.75) is 12.8 Å². The summed E-state index contributed by atoms with van der Waals surface area (Å²) in [5, 5.41) is 11.1. The molecular formula is C14H11BrClNO3. The molecule has 0 radical (unpaired) electrons. The van der Waals surface area contributed by atoms with E-state index in [1.165, 1.54) is 6.07 Å². The quantitative estimate of drug-likeness (QED) is 0.430. The highest BCUT2D eigenvalue weighted by Gasteiger charge is 2.19. The Bertz CT molecular complexity index is 661. The molecule has 0 bridgehead atoms. The second kappa shape index (κ2) is 6.24. The Labute approximate surface area is 129 Å². The fourth-order valence-electron chi connectivity index (χ4n) is 1.69. The van der Waals surface area contributed by atoms with Crippen molar-refractivity contribution in [1.29, 1.82) is 0 Å². The second-order valence-corrected chi connectivity index (χ2v) is 5.30. The van der Waals surface area contributed by atoms with Crippen molar-refractivity contribution < 1.29 is 9.66 Å². The van der Waals surface area contributed by atoms with Gasteiger partial charge in [0.25, 0.3) is 0 Å². The summed E-state index contributed by atoms with van der Waals surface area (Å²) in [6, 6.07) is 10.2. The van der Waals surface area contributed by atoms with Gasteiger partial charge in [0.15, 0.2) is 0 Å². The van der Waals surface area contributed by atoms with Crippen molar-refractivity contribution >= 4 is 33.2 Å². The van der Waals surface area contributed by atoms with E-state index in [9.17, 15) is 10.1 Å². The molecule has 4 nitrogen and oxygen atoms in total. The standard InChI is InChI=1S/C14H11BrClNO3/c1-9-5-6-10(8-16)7-13(9)20-14-11(15)3-2-4-12(14)17(18)19/h2-7H,8H2,1H3. The van der Waals surface area contributed by atoms with E-state index >= 15 is 0 Å². The zero-order chi connectivity index (χ0) is 14.7. The van der Waals surface area contributed by atoms with Gasteiger partial charge < -0.3 is 4.74 Å². The summed E-state index contributed by atoms with van der Waals surface area (Å²) in [6.07, 6.45) is 0. The minimum Gasteiger partial charge on any atom is -0.449 e. The molecule has 2 aromatic rings. The first-order valence-electron chi connectivity index (χ1n) is 5.79. The van der Waals surface area contributed by atoms with Crippen LogP contribution in [0, 0.1) is 17.0 Å².